The van der Waals surface area contributed by atoms with Crippen LogP contribution in [-0.2, 0) is 6.54 Å². The fourth-order valence-corrected chi connectivity index (χ4v) is 2.19. The molecular weight excluding hydrogens is 248 g/mol. The van der Waals surface area contributed by atoms with Gasteiger partial charge in [-0.15, -0.1) is 0 Å². The summed E-state index contributed by atoms with van der Waals surface area (Å²) in [6.45, 7) is 2.56. The third-order valence-electron chi connectivity index (χ3n) is 3.28. The quantitative estimate of drug-likeness (QED) is 0.782. The van der Waals surface area contributed by atoms with Gasteiger partial charge in [0.1, 0.15) is 11.5 Å². The minimum absolute atomic E-state index is 0.543. The molecule has 3 heteroatoms. The van der Waals surface area contributed by atoms with E-state index in [0.717, 1.165) is 33.5 Å². The summed E-state index contributed by atoms with van der Waals surface area (Å²) < 4.78 is 5.94. The number of pyridine rings is 1. The van der Waals surface area contributed by atoms with Crippen molar-refractivity contribution in [3.63, 3.8) is 0 Å². The predicted molar refractivity (Wildman–Crippen MR) is 80.9 cm³/mol. The van der Waals surface area contributed by atoms with E-state index in [1.165, 1.54) is 0 Å². The van der Waals surface area contributed by atoms with E-state index in [2.05, 4.69) is 11.1 Å². The molecule has 3 aromatic rings. The third kappa shape index (κ3) is 2.49. The maximum atomic E-state index is 5.94. The first-order valence-corrected chi connectivity index (χ1v) is 6.58. The summed E-state index contributed by atoms with van der Waals surface area (Å²) in [4.78, 5) is 4.34. The first kappa shape index (κ1) is 12.6. The Kier molecular flexibility index (Phi) is 3.35. The van der Waals surface area contributed by atoms with Crippen LogP contribution in [0.2, 0.25) is 0 Å². The van der Waals surface area contributed by atoms with Crippen LogP contribution in [-0.4, -0.2) is 4.98 Å². The molecule has 0 saturated heterocycles. The van der Waals surface area contributed by atoms with Crippen molar-refractivity contribution in [2.45, 2.75) is 13.5 Å². The first-order chi connectivity index (χ1) is 9.76. The molecule has 2 N–H and O–H groups in total. The van der Waals surface area contributed by atoms with E-state index < -0.39 is 0 Å². The fourth-order valence-electron chi connectivity index (χ4n) is 2.19. The maximum absolute atomic E-state index is 5.94. The van der Waals surface area contributed by atoms with Crippen LogP contribution in [0.25, 0.3) is 10.9 Å². The lowest BCUT2D eigenvalue weighted by Crippen LogP contribution is -1.97. The highest BCUT2D eigenvalue weighted by atomic mass is 16.5. The molecule has 0 fully saturated rings. The van der Waals surface area contributed by atoms with Crippen molar-refractivity contribution in [1.29, 1.82) is 0 Å². The van der Waals surface area contributed by atoms with Crippen LogP contribution in [0.1, 0.15) is 11.1 Å². The number of hydrogen-bond acceptors (Lipinski definition) is 3. The summed E-state index contributed by atoms with van der Waals surface area (Å²) in [6.07, 6.45) is 1.79. The number of fused-ring (bicyclic) bond motifs is 1. The second kappa shape index (κ2) is 5.31. The van der Waals surface area contributed by atoms with Crippen LogP contribution in [0.15, 0.2) is 54.7 Å². The van der Waals surface area contributed by atoms with E-state index >= 15 is 0 Å². The Labute approximate surface area is 118 Å². The minimum Gasteiger partial charge on any atom is -0.457 e. The molecule has 0 radical (unpaired) electrons. The number of benzene rings is 2. The molecule has 2 aromatic carbocycles. The molecule has 0 atom stereocenters. The van der Waals surface area contributed by atoms with Gasteiger partial charge < -0.3 is 10.5 Å². The van der Waals surface area contributed by atoms with E-state index in [-0.39, 0.29) is 0 Å². The van der Waals surface area contributed by atoms with Crippen LogP contribution >= 0.6 is 0 Å². The Morgan fingerprint density at radius 3 is 2.80 bits per heavy atom. The molecular formula is C17H16N2O. The molecule has 1 heterocycles. The van der Waals surface area contributed by atoms with Gasteiger partial charge in [-0.1, -0.05) is 18.2 Å². The van der Waals surface area contributed by atoms with Crippen molar-refractivity contribution < 1.29 is 4.74 Å². The normalized spacial score (nSPS) is 10.7. The summed E-state index contributed by atoms with van der Waals surface area (Å²) in [5, 5.41) is 1.11. The Balaban J connectivity index is 1.92. The van der Waals surface area contributed by atoms with E-state index in [1.807, 2.05) is 49.4 Å². The largest absolute Gasteiger partial charge is 0.457 e. The summed E-state index contributed by atoms with van der Waals surface area (Å²) in [5.74, 6) is 1.64. The van der Waals surface area contributed by atoms with Crippen LogP contribution in [0.4, 0.5) is 0 Å². The number of ether oxygens (including phenoxy) is 1. The van der Waals surface area contributed by atoms with Gasteiger partial charge in [0, 0.05) is 24.2 Å². The van der Waals surface area contributed by atoms with Gasteiger partial charge in [0.25, 0.3) is 0 Å². The summed E-state index contributed by atoms with van der Waals surface area (Å²) in [7, 11) is 0. The maximum Gasteiger partial charge on any atom is 0.130 e. The Morgan fingerprint density at radius 1 is 1.10 bits per heavy atom. The van der Waals surface area contributed by atoms with Gasteiger partial charge >= 0.3 is 0 Å². The van der Waals surface area contributed by atoms with Crippen molar-refractivity contribution in [2.75, 3.05) is 0 Å². The minimum atomic E-state index is 0.543. The second-order valence-corrected chi connectivity index (χ2v) is 4.76. The molecule has 20 heavy (non-hydrogen) atoms. The van der Waals surface area contributed by atoms with Gasteiger partial charge in [0.05, 0.1) is 5.52 Å². The Hall–Kier alpha value is -2.39. The Morgan fingerprint density at radius 2 is 2.00 bits per heavy atom. The number of nitrogens with zero attached hydrogens (tertiary/aromatic N) is 1. The van der Waals surface area contributed by atoms with E-state index in [4.69, 9.17) is 10.5 Å². The van der Waals surface area contributed by atoms with Gasteiger partial charge in [0.2, 0.25) is 0 Å². The highest BCUT2D eigenvalue weighted by Gasteiger charge is 2.04. The molecule has 0 bridgehead atoms. The average Bonchev–Trinajstić information content (AvgIpc) is 2.49. The number of aromatic nitrogens is 1. The SMILES string of the molecule is Cc1cc(CN)ccc1Oc1ccc2cccnc2c1. The molecule has 0 aliphatic carbocycles. The molecule has 0 unspecified atom stereocenters. The highest BCUT2D eigenvalue weighted by Crippen LogP contribution is 2.27. The lowest BCUT2D eigenvalue weighted by molar-refractivity contribution is 0.479. The standard InChI is InChI=1S/C17H16N2O/c1-12-9-13(11-18)4-7-17(12)20-15-6-5-14-3-2-8-19-16(14)10-15/h2-10H,11,18H2,1H3. The molecule has 0 aliphatic rings. The number of nitrogens with two attached hydrogens (primary N) is 1. The van der Waals surface area contributed by atoms with Crippen molar-refractivity contribution in [2.24, 2.45) is 5.73 Å². The number of aryl methyl sites for hydroxylation is 1. The van der Waals surface area contributed by atoms with Crippen LogP contribution in [0.5, 0.6) is 11.5 Å². The average molecular weight is 264 g/mol. The van der Waals surface area contributed by atoms with Gasteiger partial charge in [-0.2, -0.15) is 0 Å². The smallest absolute Gasteiger partial charge is 0.130 e. The van der Waals surface area contributed by atoms with Gasteiger partial charge in [-0.05, 0) is 42.3 Å². The topological polar surface area (TPSA) is 48.1 Å². The van der Waals surface area contributed by atoms with Crippen molar-refractivity contribution in [3.8, 4) is 11.5 Å². The molecule has 0 aliphatic heterocycles. The zero-order valence-corrected chi connectivity index (χ0v) is 11.3. The van der Waals surface area contributed by atoms with Gasteiger partial charge in [0.15, 0.2) is 0 Å². The molecule has 3 rings (SSSR count). The monoisotopic (exact) mass is 264 g/mol. The van der Waals surface area contributed by atoms with Crippen molar-refractivity contribution >= 4 is 10.9 Å². The molecule has 0 amide bonds. The zero-order chi connectivity index (χ0) is 13.9. The molecule has 1 aromatic heterocycles. The van der Waals surface area contributed by atoms with E-state index in [9.17, 15) is 0 Å². The fraction of sp³-hybridized carbons (Fsp3) is 0.118. The second-order valence-electron chi connectivity index (χ2n) is 4.76. The van der Waals surface area contributed by atoms with Crippen molar-refractivity contribution in [1.82, 2.24) is 4.98 Å². The van der Waals surface area contributed by atoms with Crippen LogP contribution in [0.3, 0.4) is 0 Å². The summed E-state index contributed by atoms with van der Waals surface area (Å²) in [6, 6.07) is 15.9. The number of hydrogen-bond donors (Lipinski definition) is 1. The third-order valence-corrected chi connectivity index (χ3v) is 3.28. The van der Waals surface area contributed by atoms with E-state index in [0.29, 0.717) is 6.54 Å². The van der Waals surface area contributed by atoms with Crippen molar-refractivity contribution in [3.05, 3.63) is 65.9 Å². The highest BCUT2D eigenvalue weighted by molar-refractivity contribution is 5.79. The molecule has 0 saturated carbocycles. The summed E-state index contributed by atoms with van der Waals surface area (Å²) in [5.41, 5.74) is 8.75. The molecule has 0 spiro atoms. The summed E-state index contributed by atoms with van der Waals surface area (Å²) >= 11 is 0. The Bertz CT molecular complexity index is 753. The van der Waals surface area contributed by atoms with Gasteiger partial charge in [-0.3, -0.25) is 4.98 Å². The predicted octanol–water partition coefficient (Wildman–Crippen LogP) is 3.79. The van der Waals surface area contributed by atoms with Crippen LogP contribution in [0, 0.1) is 6.92 Å². The molecule has 100 valence electrons. The lowest BCUT2D eigenvalue weighted by Gasteiger charge is -2.10. The zero-order valence-electron chi connectivity index (χ0n) is 11.3. The van der Waals surface area contributed by atoms with E-state index in [1.54, 1.807) is 6.20 Å². The van der Waals surface area contributed by atoms with Gasteiger partial charge in [-0.25, -0.2) is 0 Å². The lowest BCUT2D eigenvalue weighted by atomic mass is 10.1. The van der Waals surface area contributed by atoms with Crippen LogP contribution < -0.4 is 10.5 Å². The number of rotatable bonds is 3. The first-order valence-electron chi connectivity index (χ1n) is 6.58. The molecule has 3 nitrogen and oxygen atoms in total.